The third-order valence-electron chi connectivity index (χ3n) is 5.38. The lowest BCUT2D eigenvalue weighted by Gasteiger charge is -2.14. The van der Waals surface area contributed by atoms with E-state index in [0.29, 0.717) is 28.0 Å². The number of nitrogen functional groups attached to an aromatic ring is 1. The molecule has 0 amide bonds. The third-order valence-corrected chi connectivity index (χ3v) is 5.38. The molecule has 166 valence electrons. The lowest BCUT2D eigenvalue weighted by Crippen LogP contribution is -2.07. The summed E-state index contributed by atoms with van der Waals surface area (Å²) in [5.74, 6) is 0.129. The summed E-state index contributed by atoms with van der Waals surface area (Å²) in [4.78, 5) is 17.9. The molecule has 1 aromatic carbocycles. The van der Waals surface area contributed by atoms with Gasteiger partial charge >= 0.3 is 6.01 Å². The molecule has 9 nitrogen and oxygen atoms in total. The van der Waals surface area contributed by atoms with Crippen molar-refractivity contribution in [2.75, 3.05) is 5.73 Å². The summed E-state index contributed by atoms with van der Waals surface area (Å²) in [7, 11) is 0. The molecule has 0 aliphatic carbocycles. The first kappa shape index (κ1) is 21.0. The summed E-state index contributed by atoms with van der Waals surface area (Å²) in [5, 5.41) is 14.1. The number of nitrogens with zero attached hydrogens (tertiary/aromatic N) is 7. The number of anilines is 1. The molecular formula is C25H20N8O. The maximum absolute atomic E-state index is 9.70. The van der Waals surface area contributed by atoms with Crippen molar-refractivity contribution in [3.8, 4) is 34.5 Å². The number of aromatic nitrogens is 6. The van der Waals surface area contributed by atoms with Crippen molar-refractivity contribution in [2.45, 2.75) is 20.5 Å². The van der Waals surface area contributed by atoms with Gasteiger partial charge in [0.1, 0.15) is 6.61 Å². The summed E-state index contributed by atoms with van der Waals surface area (Å²) >= 11 is 0. The van der Waals surface area contributed by atoms with Gasteiger partial charge < -0.3 is 10.5 Å². The first-order chi connectivity index (χ1) is 16.5. The second-order valence-electron chi connectivity index (χ2n) is 7.73. The number of benzene rings is 1. The van der Waals surface area contributed by atoms with Crippen LogP contribution in [0.5, 0.6) is 6.01 Å². The Morgan fingerprint density at radius 1 is 1.00 bits per heavy atom. The monoisotopic (exact) mass is 448 g/mol. The highest BCUT2D eigenvalue weighted by atomic mass is 16.5. The number of aryl methyl sites for hydroxylation is 2. The number of fused-ring (bicyclic) bond motifs is 1. The first-order valence-corrected chi connectivity index (χ1v) is 10.6. The number of ether oxygens (including phenoxy) is 1. The van der Waals surface area contributed by atoms with E-state index in [4.69, 9.17) is 10.5 Å². The molecule has 5 aromatic rings. The van der Waals surface area contributed by atoms with Gasteiger partial charge in [-0.1, -0.05) is 24.3 Å². The minimum Gasteiger partial charge on any atom is -0.456 e. The smallest absolute Gasteiger partial charge is 0.336 e. The van der Waals surface area contributed by atoms with Gasteiger partial charge in [0.2, 0.25) is 5.95 Å². The molecular weight excluding hydrogens is 428 g/mol. The molecule has 9 heteroatoms. The Kier molecular flexibility index (Phi) is 5.32. The fourth-order valence-corrected chi connectivity index (χ4v) is 3.80. The highest BCUT2D eigenvalue weighted by molar-refractivity contribution is 5.93. The largest absolute Gasteiger partial charge is 0.456 e. The van der Waals surface area contributed by atoms with E-state index in [-0.39, 0.29) is 18.6 Å². The van der Waals surface area contributed by atoms with Gasteiger partial charge in [0, 0.05) is 23.7 Å². The number of nitriles is 1. The van der Waals surface area contributed by atoms with E-state index in [1.807, 2.05) is 56.3 Å². The highest BCUT2D eigenvalue weighted by Gasteiger charge is 2.23. The minimum atomic E-state index is 0.129. The van der Waals surface area contributed by atoms with Crippen LogP contribution in [0.1, 0.15) is 22.5 Å². The lowest BCUT2D eigenvalue weighted by molar-refractivity contribution is 0.277. The molecule has 5 rings (SSSR count). The first-order valence-electron chi connectivity index (χ1n) is 10.6. The standard InChI is InChI=1S/C25H20N8O/c1-15-13-28-11-10-19(15)21-22(20-9-4-3-7-17(20)12-26)30-24(27)33-23(21)31-25(32-33)34-14-18-8-5-6-16(2)29-18/h3-11,13H,14H2,1-2H3,(H2,27,30). The van der Waals surface area contributed by atoms with Crippen molar-refractivity contribution in [3.05, 3.63) is 83.4 Å². The van der Waals surface area contributed by atoms with Crippen LogP contribution in [0.4, 0.5) is 5.95 Å². The molecule has 34 heavy (non-hydrogen) atoms. The van der Waals surface area contributed by atoms with E-state index in [0.717, 1.165) is 22.5 Å². The zero-order chi connectivity index (χ0) is 23.7. The molecule has 0 bridgehead atoms. The van der Waals surface area contributed by atoms with Gasteiger partial charge in [-0.2, -0.15) is 14.8 Å². The van der Waals surface area contributed by atoms with Crippen LogP contribution in [0.15, 0.2) is 60.9 Å². The number of pyridine rings is 2. The van der Waals surface area contributed by atoms with Crippen LogP contribution < -0.4 is 10.5 Å². The maximum Gasteiger partial charge on any atom is 0.336 e. The van der Waals surface area contributed by atoms with Gasteiger partial charge in [-0.05, 0) is 49.2 Å². The molecule has 0 aliphatic rings. The average Bonchev–Trinajstić information content (AvgIpc) is 3.28. The molecule has 0 atom stereocenters. The molecule has 0 unspecified atom stereocenters. The SMILES string of the molecule is Cc1cccc(COc2nc3c(-c4ccncc4C)c(-c4ccccc4C#N)nc(N)n3n2)n1. The van der Waals surface area contributed by atoms with E-state index in [9.17, 15) is 5.26 Å². The van der Waals surface area contributed by atoms with Crippen molar-refractivity contribution in [1.82, 2.24) is 29.5 Å². The Balaban J connectivity index is 1.71. The fraction of sp³-hybridized carbons (Fsp3) is 0.120. The molecule has 4 aromatic heterocycles. The number of nitrogens with two attached hydrogens (primary N) is 1. The summed E-state index contributed by atoms with van der Waals surface area (Å²) < 4.78 is 7.30. The van der Waals surface area contributed by atoms with Crippen LogP contribution >= 0.6 is 0 Å². The molecule has 0 saturated heterocycles. The number of rotatable bonds is 5. The van der Waals surface area contributed by atoms with Crippen LogP contribution in [0.3, 0.4) is 0 Å². The van der Waals surface area contributed by atoms with Crippen molar-refractivity contribution in [2.24, 2.45) is 0 Å². The molecule has 0 fully saturated rings. The summed E-state index contributed by atoms with van der Waals surface area (Å²) in [6.07, 6.45) is 3.46. The average molecular weight is 448 g/mol. The Bertz CT molecular complexity index is 1570. The van der Waals surface area contributed by atoms with Crippen molar-refractivity contribution < 1.29 is 4.74 Å². The topological polar surface area (TPSA) is 128 Å². The van der Waals surface area contributed by atoms with Crippen LogP contribution in [-0.2, 0) is 6.61 Å². The van der Waals surface area contributed by atoms with Gasteiger partial charge in [0.05, 0.1) is 28.6 Å². The Labute approximate surface area is 195 Å². The summed E-state index contributed by atoms with van der Waals surface area (Å²) in [6, 6.07) is 17.2. The van der Waals surface area contributed by atoms with Gasteiger partial charge in [0.25, 0.3) is 0 Å². The zero-order valence-corrected chi connectivity index (χ0v) is 18.6. The Morgan fingerprint density at radius 3 is 2.65 bits per heavy atom. The second kappa shape index (κ2) is 8.60. The summed E-state index contributed by atoms with van der Waals surface area (Å²) in [6.45, 7) is 4.08. The Hall–Kier alpha value is -4.84. The molecule has 0 aliphatic heterocycles. The fourth-order valence-electron chi connectivity index (χ4n) is 3.80. The van der Waals surface area contributed by atoms with Crippen molar-refractivity contribution in [1.29, 1.82) is 5.26 Å². The molecule has 0 saturated carbocycles. The lowest BCUT2D eigenvalue weighted by atomic mass is 9.95. The van der Waals surface area contributed by atoms with Gasteiger partial charge in [0.15, 0.2) is 5.65 Å². The minimum absolute atomic E-state index is 0.129. The number of hydrogen-bond donors (Lipinski definition) is 1. The van der Waals surface area contributed by atoms with E-state index < -0.39 is 0 Å². The van der Waals surface area contributed by atoms with E-state index in [2.05, 4.69) is 31.1 Å². The third kappa shape index (κ3) is 3.78. The predicted octanol–water partition coefficient (Wildman–Crippen LogP) is 3.90. The number of hydrogen-bond acceptors (Lipinski definition) is 8. The molecule has 4 heterocycles. The Morgan fingerprint density at radius 2 is 1.85 bits per heavy atom. The molecule has 0 spiro atoms. The second-order valence-corrected chi connectivity index (χ2v) is 7.73. The van der Waals surface area contributed by atoms with Crippen molar-refractivity contribution in [3.63, 3.8) is 0 Å². The zero-order valence-electron chi connectivity index (χ0n) is 18.6. The van der Waals surface area contributed by atoms with Crippen LogP contribution in [-0.4, -0.2) is 29.5 Å². The van der Waals surface area contributed by atoms with E-state index >= 15 is 0 Å². The summed E-state index contributed by atoms with van der Waals surface area (Å²) in [5.41, 5.74) is 12.6. The van der Waals surface area contributed by atoms with E-state index in [1.54, 1.807) is 18.5 Å². The van der Waals surface area contributed by atoms with Crippen LogP contribution in [0.2, 0.25) is 0 Å². The van der Waals surface area contributed by atoms with Crippen LogP contribution in [0, 0.1) is 25.2 Å². The van der Waals surface area contributed by atoms with Gasteiger partial charge in [-0.3, -0.25) is 9.97 Å². The maximum atomic E-state index is 9.70. The van der Waals surface area contributed by atoms with Crippen molar-refractivity contribution >= 4 is 11.6 Å². The quantitative estimate of drug-likeness (QED) is 0.429. The van der Waals surface area contributed by atoms with Gasteiger partial charge in [-0.15, -0.1) is 5.10 Å². The predicted molar refractivity (Wildman–Crippen MR) is 127 cm³/mol. The van der Waals surface area contributed by atoms with Crippen LogP contribution in [0.25, 0.3) is 28.0 Å². The van der Waals surface area contributed by atoms with E-state index in [1.165, 1.54) is 4.52 Å². The molecule has 0 radical (unpaired) electrons. The highest BCUT2D eigenvalue weighted by Crippen LogP contribution is 2.37. The van der Waals surface area contributed by atoms with Gasteiger partial charge in [-0.25, -0.2) is 4.98 Å². The molecule has 2 N–H and O–H groups in total. The normalized spacial score (nSPS) is 10.9.